The fourth-order valence-corrected chi connectivity index (χ4v) is 2.17. The van der Waals surface area contributed by atoms with E-state index in [1.807, 2.05) is 30.3 Å². The third kappa shape index (κ3) is 3.55. The molecule has 5 heteroatoms. The maximum absolute atomic E-state index is 11.7. The van der Waals surface area contributed by atoms with Crippen LogP contribution in [0.4, 0.5) is 0 Å². The van der Waals surface area contributed by atoms with E-state index in [0.29, 0.717) is 29.2 Å². The first-order chi connectivity index (χ1) is 10.2. The highest BCUT2D eigenvalue weighted by atomic mass is 79.9. The van der Waals surface area contributed by atoms with Crippen LogP contribution in [0.2, 0.25) is 0 Å². The molecule has 0 radical (unpaired) electrons. The molecule has 0 atom stereocenters. The highest BCUT2D eigenvalue weighted by molar-refractivity contribution is 9.06. The number of carbonyl (C=O) groups is 1. The highest BCUT2D eigenvalue weighted by Crippen LogP contribution is 2.34. The Labute approximate surface area is 132 Å². The van der Waals surface area contributed by atoms with E-state index < -0.39 is 5.97 Å². The van der Waals surface area contributed by atoms with Crippen molar-refractivity contribution in [3.8, 4) is 11.5 Å². The predicted octanol–water partition coefficient (Wildman–Crippen LogP) is 4.05. The summed E-state index contributed by atoms with van der Waals surface area (Å²) in [7, 11) is 1.56. The molecule has 0 heterocycles. The summed E-state index contributed by atoms with van der Waals surface area (Å²) in [5.41, 5.74) is 2.14. The molecule has 0 aliphatic carbocycles. The second kappa shape index (κ2) is 7.13. The lowest BCUT2D eigenvalue weighted by atomic mass is 10.1. The molecule has 2 rings (SSSR count). The van der Waals surface area contributed by atoms with Gasteiger partial charge in [-0.25, -0.2) is 4.79 Å². The monoisotopic (exact) mass is 350 g/mol. The molecule has 0 spiro atoms. The number of rotatable bonds is 5. The van der Waals surface area contributed by atoms with E-state index in [9.17, 15) is 4.79 Å². The van der Waals surface area contributed by atoms with Crippen LogP contribution in [0.15, 0.2) is 42.5 Å². The fourth-order valence-electron chi connectivity index (χ4n) is 2.00. The summed E-state index contributed by atoms with van der Waals surface area (Å²) in [6.07, 6.45) is 0. The Bertz CT molecular complexity index is 626. The van der Waals surface area contributed by atoms with Gasteiger partial charge in [-0.1, -0.05) is 30.3 Å². The van der Waals surface area contributed by atoms with Gasteiger partial charge in [0.05, 0.1) is 12.7 Å². The van der Waals surface area contributed by atoms with E-state index in [-0.39, 0.29) is 0 Å². The second-order valence-electron chi connectivity index (χ2n) is 4.41. The minimum absolute atomic E-state index is 0.394. The molecule has 0 amide bonds. The van der Waals surface area contributed by atoms with Crippen LogP contribution in [0.1, 0.15) is 21.5 Å². The molecule has 0 aromatic heterocycles. The zero-order valence-electron chi connectivity index (χ0n) is 11.8. The Morgan fingerprint density at radius 1 is 1.14 bits per heavy atom. The van der Waals surface area contributed by atoms with Gasteiger partial charge in [-0.05, 0) is 24.6 Å². The van der Waals surface area contributed by atoms with Crippen molar-refractivity contribution in [2.75, 3.05) is 7.11 Å². The second-order valence-corrected chi connectivity index (χ2v) is 4.73. The summed E-state index contributed by atoms with van der Waals surface area (Å²) < 4.78 is 15.7. The van der Waals surface area contributed by atoms with E-state index in [4.69, 9.17) is 9.47 Å². The number of hydrogen-bond acceptors (Lipinski definition) is 4. The molecular formula is C16H15BrO4. The third-order valence-corrected chi connectivity index (χ3v) is 3.40. The van der Waals surface area contributed by atoms with E-state index in [0.717, 1.165) is 5.56 Å². The number of carbonyl (C=O) groups excluding carboxylic acids is 1. The van der Waals surface area contributed by atoms with Gasteiger partial charge in [0, 0.05) is 5.56 Å². The molecule has 0 saturated carbocycles. The molecule has 2 aromatic carbocycles. The number of hydrogen-bond donors (Lipinski definition) is 0. The van der Waals surface area contributed by atoms with Gasteiger partial charge >= 0.3 is 5.97 Å². The minimum atomic E-state index is -0.472. The van der Waals surface area contributed by atoms with Crippen molar-refractivity contribution in [2.24, 2.45) is 0 Å². The molecule has 110 valence electrons. The number of halogens is 1. The predicted molar refractivity (Wildman–Crippen MR) is 82.8 cm³/mol. The molecular weight excluding hydrogens is 336 g/mol. The van der Waals surface area contributed by atoms with Gasteiger partial charge in [-0.2, -0.15) is 0 Å². The molecule has 0 bridgehead atoms. The van der Waals surface area contributed by atoms with Crippen molar-refractivity contribution >= 4 is 22.2 Å². The Morgan fingerprint density at radius 2 is 1.86 bits per heavy atom. The van der Waals surface area contributed by atoms with Crippen LogP contribution in [-0.2, 0) is 10.4 Å². The lowest BCUT2D eigenvalue weighted by molar-refractivity contribution is 0.0780. The number of benzene rings is 2. The Hall–Kier alpha value is -2.01. The molecule has 0 unspecified atom stereocenters. The van der Waals surface area contributed by atoms with Gasteiger partial charge in [0.25, 0.3) is 0 Å². The van der Waals surface area contributed by atoms with Crippen molar-refractivity contribution in [3.05, 3.63) is 59.2 Å². The average Bonchev–Trinajstić information content (AvgIpc) is 2.53. The molecule has 0 N–H and O–H groups in total. The van der Waals surface area contributed by atoms with E-state index in [1.165, 1.54) is 0 Å². The summed E-state index contributed by atoms with van der Waals surface area (Å²) in [4.78, 5) is 11.7. The summed E-state index contributed by atoms with van der Waals surface area (Å²) in [6.45, 7) is 2.19. The molecule has 4 nitrogen and oxygen atoms in total. The van der Waals surface area contributed by atoms with Crippen LogP contribution in [0, 0.1) is 6.92 Å². The van der Waals surface area contributed by atoms with Crippen molar-refractivity contribution in [1.29, 1.82) is 0 Å². The Kier molecular flexibility index (Phi) is 5.22. The molecule has 0 aliphatic rings. The molecule has 0 saturated heterocycles. The third-order valence-electron chi connectivity index (χ3n) is 3.11. The van der Waals surface area contributed by atoms with Crippen molar-refractivity contribution in [3.63, 3.8) is 0 Å². The smallest absolute Gasteiger partial charge is 0.350 e. The zero-order chi connectivity index (χ0) is 15.2. The van der Waals surface area contributed by atoms with Crippen molar-refractivity contribution < 1.29 is 18.1 Å². The van der Waals surface area contributed by atoms with Gasteiger partial charge in [-0.15, -0.1) is 0 Å². The largest absolute Gasteiger partial charge is 0.493 e. The molecule has 2 aromatic rings. The minimum Gasteiger partial charge on any atom is -0.493 e. The van der Waals surface area contributed by atoms with Gasteiger partial charge in [0.1, 0.15) is 6.61 Å². The first kappa shape index (κ1) is 15.4. The summed E-state index contributed by atoms with van der Waals surface area (Å²) >= 11 is 2.70. The van der Waals surface area contributed by atoms with Gasteiger partial charge in [0.2, 0.25) is 0 Å². The van der Waals surface area contributed by atoms with Crippen LogP contribution in [-0.4, -0.2) is 13.1 Å². The number of ether oxygens (including phenoxy) is 2. The normalized spacial score (nSPS) is 10.0. The quantitative estimate of drug-likeness (QED) is 0.815. The van der Waals surface area contributed by atoms with E-state index in [2.05, 4.69) is 20.1 Å². The van der Waals surface area contributed by atoms with Gasteiger partial charge in [-0.3, -0.25) is 0 Å². The topological polar surface area (TPSA) is 44.8 Å². The fraction of sp³-hybridized carbons (Fsp3) is 0.188. The molecule has 0 aliphatic heterocycles. The number of methoxy groups -OCH3 is 1. The summed E-state index contributed by atoms with van der Waals surface area (Å²) in [5, 5.41) is 0. The lowest BCUT2D eigenvalue weighted by Crippen LogP contribution is -2.05. The van der Waals surface area contributed by atoms with Crippen LogP contribution in [0.5, 0.6) is 11.5 Å². The maximum Gasteiger partial charge on any atom is 0.350 e. The first-order valence-corrected chi connectivity index (χ1v) is 6.99. The van der Waals surface area contributed by atoms with E-state index in [1.54, 1.807) is 26.2 Å². The van der Waals surface area contributed by atoms with Gasteiger partial charge < -0.3 is 13.3 Å². The molecule has 0 fully saturated rings. The van der Waals surface area contributed by atoms with Crippen LogP contribution < -0.4 is 9.47 Å². The standard InChI is InChI=1S/C16H15BrO4/c1-11-13(16(18)21-17)8-9-14(19-2)15(11)20-10-12-6-4-3-5-7-12/h3-9H,10H2,1-2H3. The van der Waals surface area contributed by atoms with E-state index >= 15 is 0 Å². The SMILES string of the molecule is COc1ccc(C(=O)OBr)c(C)c1OCc1ccccc1. The Balaban J connectivity index is 2.30. The van der Waals surface area contributed by atoms with Crippen LogP contribution in [0.3, 0.4) is 0 Å². The van der Waals surface area contributed by atoms with Crippen LogP contribution >= 0.6 is 16.3 Å². The van der Waals surface area contributed by atoms with Crippen molar-refractivity contribution in [1.82, 2.24) is 0 Å². The summed E-state index contributed by atoms with van der Waals surface area (Å²) in [6, 6.07) is 13.1. The molecule has 21 heavy (non-hydrogen) atoms. The average molecular weight is 351 g/mol. The lowest BCUT2D eigenvalue weighted by Gasteiger charge is -2.15. The zero-order valence-corrected chi connectivity index (χ0v) is 13.3. The maximum atomic E-state index is 11.7. The highest BCUT2D eigenvalue weighted by Gasteiger charge is 2.17. The van der Waals surface area contributed by atoms with Gasteiger partial charge in [0.15, 0.2) is 27.8 Å². The first-order valence-electron chi connectivity index (χ1n) is 6.34. The van der Waals surface area contributed by atoms with Crippen molar-refractivity contribution in [2.45, 2.75) is 13.5 Å². The summed E-state index contributed by atoms with van der Waals surface area (Å²) in [5.74, 6) is 0.644. The Morgan fingerprint density at radius 3 is 2.48 bits per heavy atom. The van der Waals surface area contributed by atoms with Crippen LogP contribution in [0.25, 0.3) is 0 Å².